The lowest BCUT2D eigenvalue weighted by Crippen LogP contribution is -2.14. The smallest absolute Gasteiger partial charge is 0.234 e. The van der Waals surface area contributed by atoms with Crippen molar-refractivity contribution in [1.82, 2.24) is 15.2 Å². The molecule has 2 aromatic heterocycles. The second-order valence-electron chi connectivity index (χ2n) is 5.34. The predicted octanol–water partition coefficient (Wildman–Crippen LogP) is 5.25. The fourth-order valence-corrected chi connectivity index (χ4v) is 4.06. The zero-order valence-electron chi connectivity index (χ0n) is 13.9. The number of thioether (sulfide) groups is 1. The number of amides is 1. The molecule has 0 aliphatic heterocycles. The van der Waals surface area contributed by atoms with Gasteiger partial charge in [0.2, 0.25) is 5.91 Å². The summed E-state index contributed by atoms with van der Waals surface area (Å²) in [5, 5.41) is 13.5. The van der Waals surface area contributed by atoms with Gasteiger partial charge in [0.25, 0.3) is 0 Å². The number of thiazole rings is 1. The summed E-state index contributed by atoms with van der Waals surface area (Å²) in [6, 6.07) is 8.83. The summed E-state index contributed by atoms with van der Waals surface area (Å²) >= 11 is 14.9. The number of hydrogen-bond acceptors (Lipinski definition) is 6. The van der Waals surface area contributed by atoms with Crippen LogP contribution in [0, 0.1) is 13.8 Å². The van der Waals surface area contributed by atoms with Gasteiger partial charge >= 0.3 is 0 Å². The second kappa shape index (κ2) is 8.35. The fraction of sp³-hybridized carbons (Fsp3) is 0.176. The molecular weight excluding hydrogens is 411 g/mol. The summed E-state index contributed by atoms with van der Waals surface area (Å²) in [5.74, 6) is -0.00536. The normalized spacial score (nSPS) is 10.8. The zero-order valence-corrected chi connectivity index (χ0v) is 17.1. The molecule has 9 heteroatoms. The summed E-state index contributed by atoms with van der Waals surface area (Å²) < 4.78 is 0. The van der Waals surface area contributed by atoms with Gasteiger partial charge in [0.1, 0.15) is 10.7 Å². The molecule has 1 aromatic carbocycles. The standard InChI is InChI=1S/C17H14Cl2N4OS2/c1-9-17(26-10(2)20-9)13-6-7-15(23-22-13)25-8-14(24)21-12-5-3-4-11(18)16(12)19/h3-7H,8H2,1-2H3,(H,21,24). The number of aromatic nitrogens is 3. The number of hydrogen-bond donors (Lipinski definition) is 1. The quantitative estimate of drug-likeness (QED) is 0.565. The van der Waals surface area contributed by atoms with Crippen LogP contribution in [-0.4, -0.2) is 26.8 Å². The molecule has 0 saturated heterocycles. The first-order chi connectivity index (χ1) is 12.4. The molecule has 0 atom stereocenters. The Balaban J connectivity index is 1.60. The molecule has 3 rings (SSSR count). The van der Waals surface area contributed by atoms with Crippen molar-refractivity contribution in [1.29, 1.82) is 0 Å². The SMILES string of the molecule is Cc1nc(C)c(-c2ccc(SCC(=O)Nc3cccc(Cl)c3Cl)nn2)s1. The maximum atomic E-state index is 12.1. The average Bonchev–Trinajstić information content (AvgIpc) is 2.96. The van der Waals surface area contributed by atoms with E-state index >= 15 is 0 Å². The highest BCUT2D eigenvalue weighted by Gasteiger charge is 2.12. The van der Waals surface area contributed by atoms with Crippen LogP contribution in [0.3, 0.4) is 0 Å². The zero-order chi connectivity index (χ0) is 18.7. The number of carbonyl (C=O) groups is 1. The van der Waals surface area contributed by atoms with Crippen molar-refractivity contribution in [3.05, 3.63) is 51.1 Å². The van der Waals surface area contributed by atoms with Crippen LogP contribution in [-0.2, 0) is 4.79 Å². The van der Waals surface area contributed by atoms with Gasteiger partial charge in [-0.05, 0) is 38.1 Å². The van der Waals surface area contributed by atoms with Crippen molar-refractivity contribution in [3.63, 3.8) is 0 Å². The third-order valence-corrected chi connectivity index (χ3v) is 6.19. The topological polar surface area (TPSA) is 67.8 Å². The van der Waals surface area contributed by atoms with Gasteiger partial charge in [-0.3, -0.25) is 4.79 Å². The van der Waals surface area contributed by atoms with Gasteiger partial charge < -0.3 is 5.32 Å². The highest BCUT2D eigenvalue weighted by Crippen LogP contribution is 2.30. The van der Waals surface area contributed by atoms with E-state index in [1.807, 2.05) is 26.0 Å². The molecule has 0 unspecified atom stereocenters. The minimum atomic E-state index is -0.195. The molecule has 2 heterocycles. The molecule has 0 aliphatic rings. The van der Waals surface area contributed by atoms with Crippen molar-refractivity contribution >= 4 is 57.9 Å². The summed E-state index contributed by atoms with van der Waals surface area (Å²) in [7, 11) is 0. The molecule has 5 nitrogen and oxygen atoms in total. The van der Waals surface area contributed by atoms with E-state index in [1.165, 1.54) is 11.8 Å². The van der Waals surface area contributed by atoms with E-state index in [9.17, 15) is 4.79 Å². The minimum Gasteiger partial charge on any atom is -0.324 e. The third kappa shape index (κ3) is 4.54. The Bertz CT molecular complexity index is 944. The minimum absolute atomic E-state index is 0.190. The monoisotopic (exact) mass is 424 g/mol. The molecule has 0 fully saturated rings. The van der Waals surface area contributed by atoms with E-state index in [0.717, 1.165) is 21.3 Å². The molecule has 1 amide bonds. The molecule has 0 radical (unpaired) electrons. The largest absolute Gasteiger partial charge is 0.324 e. The maximum absolute atomic E-state index is 12.1. The van der Waals surface area contributed by atoms with Crippen LogP contribution in [0.4, 0.5) is 5.69 Å². The Morgan fingerprint density at radius 2 is 2.00 bits per heavy atom. The first-order valence-electron chi connectivity index (χ1n) is 7.59. The molecule has 3 aromatic rings. The lowest BCUT2D eigenvalue weighted by Gasteiger charge is -2.07. The number of halogens is 2. The molecule has 0 bridgehead atoms. The average molecular weight is 425 g/mol. The van der Waals surface area contributed by atoms with Gasteiger partial charge in [-0.15, -0.1) is 21.5 Å². The molecular formula is C17H14Cl2N4OS2. The Labute approximate surface area is 169 Å². The van der Waals surface area contributed by atoms with Crippen LogP contribution >= 0.6 is 46.3 Å². The summed E-state index contributed by atoms with van der Waals surface area (Å²) in [6.07, 6.45) is 0. The summed E-state index contributed by atoms with van der Waals surface area (Å²) in [6.45, 7) is 3.91. The first kappa shape index (κ1) is 19.1. The van der Waals surface area contributed by atoms with E-state index in [4.69, 9.17) is 23.2 Å². The van der Waals surface area contributed by atoms with Crippen molar-refractivity contribution < 1.29 is 4.79 Å². The Kier molecular flexibility index (Phi) is 6.13. The van der Waals surface area contributed by atoms with Crippen LogP contribution in [0.1, 0.15) is 10.7 Å². The molecule has 0 aliphatic carbocycles. The van der Waals surface area contributed by atoms with Crippen LogP contribution in [0.5, 0.6) is 0 Å². The van der Waals surface area contributed by atoms with E-state index in [0.29, 0.717) is 20.8 Å². The molecule has 26 heavy (non-hydrogen) atoms. The Hall–Kier alpha value is -1.67. The summed E-state index contributed by atoms with van der Waals surface area (Å²) in [4.78, 5) is 17.5. The highest BCUT2D eigenvalue weighted by atomic mass is 35.5. The van der Waals surface area contributed by atoms with E-state index in [1.54, 1.807) is 29.5 Å². The number of rotatable bonds is 5. The third-order valence-electron chi connectivity index (χ3n) is 3.35. The predicted molar refractivity (Wildman–Crippen MR) is 108 cm³/mol. The first-order valence-corrected chi connectivity index (χ1v) is 10.1. The van der Waals surface area contributed by atoms with Crippen LogP contribution < -0.4 is 5.32 Å². The maximum Gasteiger partial charge on any atom is 0.234 e. The van der Waals surface area contributed by atoms with E-state index in [2.05, 4.69) is 20.5 Å². The van der Waals surface area contributed by atoms with E-state index in [-0.39, 0.29) is 11.7 Å². The number of anilines is 1. The van der Waals surface area contributed by atoms with Crippen LogP contribution in [0.15, 0.2) is 35.4 Å². The molecule has 1 N–H and O–H groups in total. The fourth-order valence-electron chi connectivity index (χ4n) is 2.21. The summed E-state index contributed by atoms with van der Waals surface area (Å²) in [5.41, 5.74) is 2.22. The van der Waals surface area contributed by atoms with Gasteiger partial charge in [-0.1, -0.05) is 41.0 Å². The van der Waals surface area contributed by atoms with Crippen LogP contribution in [0.2, 0.25) is 10.0 Å². The second-order valence-corrected chi connectivity index (χ2v) is 8.33. The number of nitrogens with zero attached hydrogens (tertiary/aromatic N) is 3. The lowest BCUT2D eigenvalue weighted by atomic mass is 10.3. The van der Waals surface area contributed by atoms with Gasteiger partial charge in [0, 0.05) is 0 Å². The van der Waals surface area contributed by atoms with Gasteiger partial charge in [0.05, 0.1) is 37.1 Å². The molecule has 0 saturated carbocycles. The van der Waals surface area contributed by atoms with Crippen molar-refractivity contribution in [2.75, 3.05) is 11.1 Å². The van der Waals surface area contributed by atoms with Crippen molar-refractivity contribution in [3.8, 4) is 10.6 Å². The van der Waals surface area contributed by atoms with E-state index < -0.39 is 0 Å². The lowest BCUT2D eigenvalue weighted by molar-refractivity contribution is -0.113. The Morgan fingerprint density at radius 1 is 1.19 bits per heavy atom. The van der Waals surface area contributed by atoms with Crippen molar-refractivity contribution in [2.24, 2.45) is 0 Å². The number of aryl methyl sites for hydroxylation is 2. The Morgan fingerprint density at radius 3 is 2.65 bits per heavy atom. The van der Waals surface area contributed by atoms with Crippen LogP contribution in [0.25, 0.3) is 10.6 Å². The molecule has 0 spiro atoms. The molecule has 134 valence electrons. The number of carbonyl (C=O) groups excluding carboxylic acids is 1. The van der Waals surface area contributed by atoms with Gasteiger partial charge in [-0.2, -0.15) is 0 Å². The highest BCUT2D eigenvalue weighted by molar-refractivity contribution is 7.99. The van der Waals surface area contributed by atoms with Gasteiger partial charge in [0.15, 0.2) is 0 Å². The number of nitrogens with one attached hydrogen (secondary N) is 1. The number of benzene rings is 1. The van der Waals surface area contributed by atoms with Gasteiger partial charge in [-0.25, -0.2) is 4.98 Å². The van der Waals surface area contributed by atoms with Crippen molar-refractivity contribution in [2.45, 2.75) is 18.9 Å².